The zero-order chi connectivity index (χ0) is 36.2. The lowest BCUT2D eigenvalue weighted by molar-refractivity contribution is -0.132. The summed E-state index contributed by atoms with van der Waals surface area (Å²) in [7, 11) is -2.82. The summed E-state index contributed by atoms with van der Waals surface area (Å²) in [6.07, 6.45) is 0.0329. The minimum absolute atomic E-state index is 0.0331. The number of amides is 5. The van der Waals surface area contributed by atoms with E-state index in [1.54, 1.807) is 45.0 Å². The number of alkyl carbamates (subject to hydrolysis) is 1. The maximum Gasteiger partial charge on any atom is 0.408 e. The number of nitrogens with zero attached hydrogens (tertiary/aromatic N) is 1. The Labute approximate surface area is 284 Å². The molecular weight excluding hydrogens is 639 g/mol. The van der Waals surface area contributed by atoms with Gasteiger partial charge in [-0.2, -0.15) is 0 Å². The van der Waals surface area contributed by atoms with Gasteiger partial charge in [-0.1, -0.05) is 64.4 Å². The van der Waals surface area contributed by atoms with Crippen molar-refractivity contribution in [3.8, 4) is 0 Å². The van der Waals surface area contributed by atoms with Crippen molar-refractivity contribution in [2.45, 2.75) is 110 Å². The fourth-order valence-corrected chi connectivity index (χ4v) is 7.92. The van der Waals surface area contributed by atoms with E-state index < -0.39 is 67.3 Å². The Morgan fingerprint density at radius 3 is 2.21 bits per heavy atom. The van der Waals surface area contributed by atoms with Crippen molar-refractivity contribution in [1.29, 1.82) is 0 Å². The van der Waals surface area contributed by atoms with E-state index in [2.05, 4.69) is 21.3 Å². The van der Waals surface area contributed by atoms with Crippen LogP contribution in [0.4, 0.5) is 4.79 Å². The molecular formula is C33H55N6O8P. The standard InChI is InChI=1S/C33H55N6O8P/c1-9-22(4)28(31(43)35-20-21(2)3)38-30(42)25-16-13-17-39(25)48(45,46-8)27(18-23-14-11-10-12-15-23)37-29(41)24(19-26(34)40)36-32(44)47-33(5,6)7/h10-12,14-15,21-22,24-25,27-28H,9,13,16-20H2,1-8H3,(H2,34,40)(H,35,43)(H,36,44)(H,37,41)(H,38,42)/t22?,24-,25-,27+,28-,48-/m0/s1. The Morgan fingerprint density at radius 2 is 1.67 bits per heavy atom. The molecule has 1 aliphatic heterocycles. The van der Waals surface area contributed by atoms with Gasteiger partial charge in [0.1, 0.15) is 23.5 Å². The van der Waals surface area contributed by atoms with E-state index in [0.717, 1.165) is 0 Å². The Kier molecular flexibility index (Phi) is 15.5. The van der Waals surface area contributed by atoms with Crippen LogP contribution in [0.25, 0.3) is 0 Å². The largest absolute Gasteiger partial charge is 0.444 e. The number of nitrogens with two attached hydrogens (primary N) is 1. The zero-order valence-electron chi connectivity index (χ0n) is 29.5. The number of carbonyl (C=O) groups is 5. The molecule has 0 radical (unpaired) electrons. The van der Waals surface area contributed by atoms with Crippen LogP contribution in [0, 0.1) is 11.8 Å². The molecule has 0 aliphatic carbocycles. The van der Waals surface area contributed by atoms with Gasteiger partial charge in [-0.05, 0) is 51.0 Å². The monoisotopic (exact) mass is 694 g/mol. The van der Waals surface area contributed by atoms with E-state index >= 15 is 4.57 Å². The highest BCUT2D eigenvalue weighted by atomic mass is 31.2. The molecule has 15 heteroatoms. The van der Waals surface area contributed by atoms with Gasteiger partial charge in [0.25, 0.3) is 7.52 Å². The second kappa shape index (κ2) is 18.3. The van der Waals surface area contributed by atoms with Crippen LogP contribution >= 0.6 is 7.52 Å². The van der Waals surface area contributed by atoms with E-state index in [-0.39, 0.29) is 30.7 Å². The fraction of sp³-hybridized carbons (Fsp3) is 0.667. The zero-order valence-corrected chi connectivity index (χ0v) is 30.4. The number of benzene rings is 1. The molecule has 1 heterocycles. The van der Waals surface area contributed by atoms with Gasteiger partial charge in [0.15, 0.2) is 0 Å². The van der Waals surface area contributed by atoms with Crippen LogP contribution in [-0.2, 0) is 39.4 Å². The summed E-state index contributed by atoms with van der Waals surface area (Å²) in [6, 6.07) is 5.80. The van der Waals surface area contributed by atoms with E-state index in [4.69, 9.17) is 15.0 Å². The first-order valence-electron chi connectivity index (χ1n) is 16.5. The molecule has 0 saturated carbocycles. The smallest absolute Gasteiger partial charge is 0.408 e. The Balaban J connectivity index is 2.44. The molecule has 1 aliphatic rings. The molecule has 1 unspecified atom stereocenters. The van der Waals surface area contributed by atoms with Crippen molar-refractivity contribution in [2.75, 3.05) is 20.2 Å². The molecule has 14 nitrogen and oxygen atoms in total. The van der Waals surface area contributed by atoms with Crippen molar-refractivity contribution in [2.24, 2.45) is 17.6 Å². The molecule has 1 aromatic carbocycles. The second-order valence-electron chi connectivity index (χ2n) is 13.7. The summed E-state index contributed by atoms with van der Waals surface area (Å²) >= 11 is 0. The number of carbonyl (C=O) groups excluding carboxylic acids is 5. The SMILES string of the molecule is CCC(C)[C@H](NC(=O)[C@@H]1CCCN1[P@@](=O)(OC)[C@H](Cc1ccccc1)NC(=O)[C@H](CC(N)=O)NC(=O)OC(C)(C)C)C(=O)NCC(C)C. The molecule has 0 bridgehead atoms. The third-order valence-electron chi connectivity index (χ3n) is 8.01. The molecule has 6 atom stereocenters. The average Bonchev–Trinajstić information content (AvgIpc) is 3.51. The van der Waals surface area contributed by atoms with Crippen LogP contribution in [-0.4, -0.2) is 84.1 Å². The number of primary amides is 1. The minimum Gasteiger partial charge on any atom is -0.444 e. The summed E-state index contributed by atoms with van der Waals surface area (Å²) in [5, 5.41) is 10.9. The van der Waals surface area contributed by atoms with Crippen molar-refractivity contribution in [1.82, 2.24) is 25.9 Å². The molecule has 1 saturated heterocycles. The molecule has 1 fully saturated rings. The maximum atomic E-state index is 15.0. The number of hydrogen-bond acceptors (Lipinski definition) is 8. The third kappa shape index (κ3) is 12.2. The van der Waals surface area contributed by atoms with Crippen LogP contribution < -0.4 is 27.0 Å². The molecule has 48 heavy (non-hydrogen) atoms. The second-order valence-corrected chi connectivity index (χ2v) is 16.3. The summed E-state index contributed by atoms with van der Waals surface area (Å²) in [6.45, 7) is 13.4. The normalized spacial score (nSPS) is 18.9. The summed E-state index contributed by atoms with van der Waals surface area (Å²) in [4.78, 5) is 65.1. The average molecular weight is 695 g/mol. The molecule has 6 N–H and O–H groups in total. The molecule has 0 spiro atoms. The molecule has 2 rings (SSSR count). The van der Waals surface area contributed by atoms with Crippen molar-refractivity contribution < 1.29 is 37.8 Å². The first-order chi connectivity index (χ1) is 22.4. The highest BCUT2D eigenvalue weighted by Crippen LogP contribution is 2.57. The first kappa shape index (κ1) is 40.7. The summed E-state index contributed by atoms with van der Waals surface area (Å²) in [5.74, 6) is -3.62. The van der Waals surface area contributed by atoms with Gasteiger partial charge in [-0.15, -0.1) is 0 Å². The third-order valence-corrected chi connectivity index (χ3v) is 10.8. The van der Waals surface area contributed by atoms with E-state index in [0.29, 0.717) is 31.4 Å². The van der Waals surface area contributed by atoms with Crippen LogP contribution in [0.15, 0.2) is 30.3 Å². The van der Waals surface area contributed by atoms with Gasteiger partial charge >= 0.3 is 6.09 Å². The minimum atomic E-state index is -4.07. The van der Waals surface area contributed by atoms with E-state index in [1.165, 1.54) is 11.8 Å². The number of ether oxygens (including phenoxy) is 1. The van der Waals surface area contributed by atoms with E-state index in [9.17, 15) is 24.0 Å². The summed E-state index contributed by atoms with van der Waals surface area (Å²) in [5.41, 5.74) is 5.24. The highest BCUT2D eigenvalue weighted by molar-refractivity contribution is 7.57. The van der Waals surface area contributed by atoms with Crippen molar-refractivity contribution in [3.05, 3.63) is 35.9 Å². The van der Waals surface area contributed by atoms with Crippen LogP contribution in [0.3, 0.4) is 0 Å². The van der Waals surface area contributed by atoms with Crippen molar-refractivity contribution in [3.63, 3.8) is 0 Å². The Morgan fingerprint density at radius 1 is 1.02 bits per heavy atom. The Hall–Kier alpha value is -3.48. The lowest BCUT2D eigenvalue weighted by Crippen LogP contribution is -2.56. The number of hydrogen-bond donors (Lipinski definition) is 5. The van der Waals surface area contributed by atoms with Gasteiger partial charge in [-0.25, -0.2) is 9.46 Å². The van der Waals surface area contributed by atoms with Gasteiger partial charge < -0.3 is 36.3 Å². The van der Waals surface area contributed by atoms with Crippen molar-refractivity contribution >= 4 is 37.2 Å². The maximum absolute atomic E-state index is 15.0. The number of rotatable bonds is 17. The molecule has 5 amide bonds. The molecule has 270 valence electrons. The lowest BCUT2D eigenvalue weighted by Gasteiger charge is -2.37. The topological polar surface area (TPSA) is 198 Å². The summed E-state index contributed by atoms with van der Waals surface area (Å²) < 4.78 is 27.5. The van der Waals surface area contributed by atoms with E-state index in [1.807, 2.05) is 33.8 Å². The predicted molar refractivity (Wildman–Crippen MR) is 183 cm³/mol. The van der Waals surface area contributed by atoms with Crippen LogP contribution in [0.2, 0.25) is 0 Å². The van der Waals surface area contributed by atoms with Gasteiger partial charge in [0.2, 0.25) is 23.6 Å². The predicted octanol–water partition coefficient (Wildman–Crippen LogP) is 3.05. The lowest BCUT2D eigenvalue weighted by atomic mass is 9.97. The fourth-order valence-electron chi connectivity index (χ4n) is 5.34. The number of nitrogens with one attached hydrogen (secondary N) is 4. The molecule has 1 aromatic rings. The van der Waals surface area contributed by atoms with Gasteiger partial charge in [0.05, 0.1) is 12.5 Å². The van der Waals surface area contributed by atoms with Crippen LogP contribution in [0.5, 0.6) is 0 Å². The first-order valence-corrected chi connectivity index (χ1v) is 18.2. The molecule has 0 aromatic heterocycles. The Bertz CT molecular complexity index is 1300. The quantitative estimate of drug-likeness (QED) is 0.152. The van der Waals surface area contributed by atoms with Gasteiger partial charge in [0, 0.05) is 26.6 Å². The van der Waals surface area contributed by atoms with Crippen LogP contribution in [0.1, 0.15) is 79.7 Å². The van der Waals surface area contributed by atoms with Gasteiger partial charge in [-0.3, -0.25) is 23.7 Å². The highest BCUT2D eigenvalue weighted by Gasteiger charge is 2.49.